The predicted octanol–water partition coefficient (Wildman–Crippen LogP) is 3.00. The summed E-state index contributed by atoms with van der Waals surface area (Å²) in [6, 6.07) is 6.40. The van der Waals surface area contributed by atoms with Crippen molar-refractivity contribution < 1.29 is 32.3 Å². The van der Waals surface area contributed by atoms with Crippen LogP contribution in [-0.4, -0.2) is 58.1 Å². The Bertz CT molecular complexity index is 948. The zero-order chi connectivity index (χ0) is 22.6. The lowest BCUT2D eigenvalue weighted by atomic mass is 9.96. The lowest BCUT2D eigenvalue weighted by Gasteiger charge is -2.30. The van der Waals surface area contributed by atoms with Crippen molar-refractivity contribution >= 4 is 23.5 Å². The van der Waals surface area contributed by atoms with Crippen molar-refractivity contribution in [1.82, 2.24) is 14.5 Å². The van der Waals surface area contributed by atoms with Gasteiger partial charge >= 0.3 is 12.3 Å². The van der Waals surface area contributed by atoms with Crippen LogP contribution in [0.1, 0.15) is 29.0 Å². The van der Waals surface area contributed by atoms with E-state index in [9.17, 15) is 27.6 Å². The molecule has 2 aromatic rings. The lowest BCUT2D eigenvalue weighted by molar-refractivity contribution is -0.162. The normalized spacial score (nSPS) is 14.9. The standard InChI is InChI=1S/C20H21F3N4O4/c1-26-11-8-24-17(26)16(28)13-2-4-15(5-3-13)25-18(29)14-6-9-27(10-7-14)19(30)31-12-20(21,22)23/h2-5,8,11,14H,6-7,9-10,12H2,1H3,(H,25,29). The number of carbonyl (C=O) groups excluding carboxylic acids is 3. The number of hydrogen-bond acceptors (Lipinski definition) is 5. The number of rotatable bonds is 5. The highest BCUT2D eigenvalue weighted by Gasteiger charge is 2.33. The van der Waals surface area contributed by atoms with Gasteiger partial charge in [0.05, 0.1) is 0 Å². The number of carbonyl (C=O) groups is 3. The Kier molecular flexibility index (Phi) is 6.62. The number of amides is 2. The van der Waals surface area contributed by atoms with Gasteiger partial charge in [0.2, 0.25) is 11.7 Å². The molecule has 31 heavy (non-hydrogen) atoms. The van der Waals surface area contributed by atoms with E-state index >= 15 is 0 Å². The molecule has 1 aliphatic heterocycles. The minimum Gasteiger partial charge on any atom is -0.440 e. The Balaban J connectivity index is 1.49. The number of imidazole rings is 1. The summed E-state index contributed by atoms with van der Waals surface area (Å²) in [6.07, 6.45) is -1.80. The Hall–Kier alpha value is -3.37. The largest absolute Gasteiger partial charge is 0.440 e. The molecule has 2 amide bonds. The first-order valence-corrected chi connectivity index (χ1v) is 9.55. The van der Waals surface area contributed by atoms with Crippen molar-refractivity contribution in [2.75, 3.05) is 25.0 Å². The van der Waals surface area contributed by atoms with Gasteiger partial charge in [-0.1, -0.05) is 0 Å². The molecular formula is C20H21F3N4O4. The van der Waals surface area contributed by atoms with E-state index in [0.29, 0.717) is 29.9 Å². The zero-order valence-corrected chi connectivity index (χ0v) is 16.7. The topological polar surface area (TPSA) is 93.5 Å². The van der Waals surface area contributed by atoms with Crippen molar-refractivity contribution in [2.24, 2.45) is 13.0 Å². The fourth-order valence-corrected chi connectivity index (χ4v) is 3.22. The quantitative estimate of drug-likeness (QED) is 0.725. The highest BCUT2D eigenvalue weighted by Crippen LogP contribution is 2.22. The average Bonchev–Trinajstić information content (AvgIpc) is 3.17. The van der Waals surface area contributed by atoms with Gasteiger partial charge in [0.25, 0.3) is 0 Å². The van der Waals surface area contributed by atoms with Crippen molar-refractivity contribution in [3.8, 4) is 0 Å². The van der Waals surface area contributed by atoms with E-state index in [1.54, 1.807) is 42.1 Å². The summed E-state index contributed by atoms with van der Waals surface area (Å²) in [5.74, 6) is -0.584. The third-order valence-electron chi connectivity index (χ3n) is 4.92. The second kappa shape index (κ2) is 9.19. The van der Waals surface area contributed by atoms with Gasteiger partial charge in [-0.3, -0.25) is 9.59 Å². The number of nitrogens with one attached hydrogen (secondary N) is 1. The van der Waals surface area contributed by atoms with E-state index in [2.05, 4.69) is 15.0 Å². The molecule has 11 heteroatoms. The van der Waals surface area contributed by atoms with E-state index in [1.807, 2.05) is 0 Å². The fraction of sp³-hybridized carbons (Fsp3) is 0.400. The molecule has 166 valence electrons. The van der Waals surface area contributed by atoms with Gasteiger partial charge in [-0.15, -0.1) is 0 Å². The van der Waals surface area contributed by atoms with E-state index in [0.717, 1.165) is 4.90 Å². The average molecular weight is 438 g/mol. The number of anilines is 1. The SMILES string of the molecule is Cn1ccnc1C(=O)c1ccc(NC(=O)C2CCN(C(=O)OCC(F)(F)F)CC2)cc1. The number of halogens is 3. The second-order valence-corrected chi connectivity index (χ2v) is 7.19. The molecule has 1 aliphatic rings. The number of alkyl halides is 3. The Morgan fingerprint density at radius 3 is 2.35 bits per heavy atom. The maximum absolute atomic E-state index is 12.5. The lowest BCUT2D eigenvalue weighted by Crippen LogP contribution is -2.42. The van der Waals surface area contributed by atoms with Crippen LogP contribution >= 0.6 is 0 Å². The summed E-state index contributed by atoms with van der Waals surface area (Å²) < 4.78 is 42.3. The summed E-state index contributed by atoms with van der Waals surface area (Å²) in [5, 5.41) is 2.76. The highest BCUT2D eigenvalue weighted by molar-refractivity contribution is 6.07. The van der Waals surface area contributed by atoms with Crippen LogP contribution in [-0.2, 0) is 16.6 Å². The third kappa shape index (κ3) is 5.83. The molecule has 0 aliphatic carbocycles. The molecule has 1 fully saturated rings. The molecule has 1 N–H and O–H groups in total. The van der Waals surface area contributed by atoms with E-state index in [-0.39, 0.29) is 30.7 Å². The van der Waals surface area contributed by atoms with Gasteiger partial charge < -0.3 is 19.5 Å². The van der Waals surface area contributed by atoms with Crippen LogP contribution in [0.3, 0.4) is 0 Å². The zero-order valence-electron chi connectivity index (χ0n) is 16.7. The molecule has 2 heterocycles. The molecule has 1 aromatic heterocycles. The van der Waals surface area contributed by atoms with Crippen LogP contribution in [0, 0.1) is 5.92 Å². The molecule has 0 unspecified atom stereocenters. The first-order valence-electron chi connectivity index (χ1n) is 9.55. The Morgan fingerprint density at radius 2 is 1.81 bits per heavy atom. The van der Waals surface area contributed by atoms with Crippen molar-refractivity contribution in [3.63, 3.8) is 0 Å². The van der Waals surface area contributed by atoms with E-state index < -0.39 is 18.9 Å². The van der Waals surface area contributed by atoms with Gasteiger partial charge in [0, 0.05) is 49.7 Å². The van der Waals surface area contributed by atoms with Crippen LogP contribution in [0.15, 0.2) is 36.7 Å². The molecule has 0 bridgehead atoms. The molecule has 1 saturated heterocycles. The number of nitrogens with zero attached hydrogens (tertiary/aromatic N) is 3. The van der Waals surface area contributed by atoms with E-state index in [1.165, 1.54) is 6.20 Å². The molecule has 0 radical (unpaired) electrons. The van der Waals surface area contributed by atoms with Crippen molar-refractivity contribution in [2.45, 2.75) is 19.0 Å². The molecule has 0 spiro atoms. The number of aryl methyl sites for hydroxylation is 1. The molecule has 1 aromatic carbocycles. The number of piperidine rings is 1. The van der Waals surface area contributed by atoms with Crippen molar-refractivity contribution in [1.29, 1.82) is 0 Å². The fourth-order valence-electron chi connectivity index (χ4n) is 3.22. The first kappa shape index (κ1) is 22.3. The Labute approximate surface area is 176 Å². The molecule has 0 atom stereocenters. The number of ketones is 1. The highest BCUT2D eigenvalue weighted by atomic mass is 19.4. The number of hydrogen-bond donors (Lipinski definition) is 1. The van der Waals surface area contributed by atoms with Gasteiger partial charge in [-0.2, -0.15) is 13.2 Å². The maximum atomic E-state index is 12.5. The summed E-state index contributed by atoms with van der Waals surface area (Å²) in [4.78, 5) is 41.8. The Morgan fingerprint density at radius 1 is 1.16 bits per heavy atom. The maximum Gasteiger partial charge on any atom is 0.422 e. The summed E-state index contributed by atoms with van der Waals surface area (Å²) in [5.41, 5.74) is 0.936. The van der Waals surface area contributed by atoms with Gasteiger partial charge in [-0.05, 0) is 37.1 Å². The summed E-state index contributed by atoms with van der Waals surface area (Å²) in [7, 11) is 1.72. The monoisotopic (exact) mass is 438 g/mol. The first-order chi connectivity index (χ1) is 14.6. The van der Waals surface area contributed by atoms with Crippen LogP contribution < -0.4 is 5.32 Å². The molecule has 3 rings (SSSR count). The minimum atomic E-state index is -4.58. The van der Waals surface area contributed by atoms with Gasteiger partial charge in [0.1, 0.15) is 0 Å². The number of ether oxygens (including phenoxy) is 1. The van der Waals surface area contributed by atoms with Crippen LogP contribution in [0.2, 0.25) is 0 Å². The molecule has 0 saturated carbocycles. The smallest absolute Gasteiger partial charge is 0.422 e. The van der Waals surface area contributed by atoms with Crippen molar-refractivity contribution in [3.05, 3.63) is 48.0 Å². The number of likely N-dealkylation sites (tertiary alicyclic amines) is 1. The summed E-state index contributed by atoms with van der Waals surface area (Å²) in [6.45, 7) is -1.37. The number of benzene rings is 1. The second-order valence-electron chi connectivity index (χ2n) is 7.19. The third-order valence-corrected chi connectivity index (χ3v) is 4.92. The van der Waals surface area contributed by atoms with Crippen LogP contribution in [0.25, 0.3) is 0 Å². The van der Waals surface area contributed by atoms with Gasteiger partial charge in [0.15, 0.2) is 12.4 Å². The predicted molar refractivity (Wildman–Crippen MR) is 103 cm³/mol. The van der Waals surface area contributed by atoms with Crippen LogP contribution in [0.4, 0.5) is 23.7 Å². The molecule has 8 nitrogen and oxygen atoms in total. The minimum absolute atomic E-state index is 0.131. The van der Waals surface area contributed by atoms with Crippen LogP contribution in [0.5, 0.6) is 0 Å². The molecular weight excluding hydrogens is 417 g/mol. The summed E-state index contributed by atoms with van der Waals surface area (Å²) >= 11 is 0. The number of aromatic nitrogens is 2. The van der Waals surface area contributed by atoms with E-state index in [4.69, 9.17) is 0 Å². The van der Waals surface area contributed by atoms with Gasteiger partial charge in [-0.25, -0.2) is 9.78 Å².